The predicted molar refractivity (Wildman–Crippen MR) is 154 cm³/mol. The number of nitrogens with zero attached hydrogens (tertiary/aromatic N) is 5. The maximum atomic E-state index is 12.6. The lowest BCUT2D eigenvalue weighted by molar-refractivity contribution is -0.141. The number of guanidine groups is 1. The zero-order valence-corrected chi connectivity index (χ0v) is 22.6. The predicted octanol–water partition coefficient (Wildman–Crippen LogP) is 4.64. The third-order valence-corrected chi connectivity index (χ3v) is 7.40. The maximum Gasteiger partial charge on any atom is 0.307 e. The van der Waals surface area contributed by atoms with Crippen LogP contribution in [0.5, 0.6) is 0 Å². The van der Waals surface area contributed by atoms with Crippen molar-refractivity contribution in [2.45, 2.75) is 12.5 Å². The highest BCUT2D eigenvalue weighted by molar-refractivity contribution is 6.01. The van der Waals surface area contributed by atoms with Crippen molar-refractivity contribution in [1.29, 1.82) is 0 Å². The zero-order valence-electron chi connectivity index (χ0n) is 22.6. The number of piperazine rings is 1. The lowest BCUT2D eigenvalue weighted by Gasteiger charge is -2.45. The Balaban J connectivity index is 1.49. The van der Waals surface area contributed by atoms with Crippen LogP contribution in [0.4, 0.5) is 11.4 Å². The van der Waals surface area contributed by atoms with E-state index in [9.17, 15) is 4.79 Å². The highest BCUT2D eigenvalue weighted by atomic mass is 16.5. The number of ether oxygens (including phenoxy) is 1. The Bertz CT molecular complexity index is 1250. The van der Waals surface area contributed by atoms with E-state index in [4.69, 9.17) is 9.73 Å². The normalized spacial score (nSPS) is 17.8. The molecule has 0 spiro atoms. The molecule has 0 amide bonds. The van der Waals surface area contributed by atoms with E-state index in [1.807, 2.05) is 24.3 Å². The Hall–Kier alpha value is -3.68. The second-order valence-electron chi connectivity index (χ2n) is 10.2. The van der Waals surface area contributed by atoms with Gasteiger partial charge in [-0.05, 0) is 43.4 Å². The Morgan fingerprint density at radius 1 is 0.895 bits per heavy atom. The Morgan fingerprint density at radius 3 is 2.24 bits per heavy atom. The molecule has 3 aromatic rings. The van der Waals surface area contributed by atoms with Crippen LogP contribution in [0.25, 0.3) is 11.1 Å². The second kappa shape index (κ2) is 11.8. The molecule has 5 rings (SSSR count). The largest absolute Gasteiger partial charge is 0.469 e. The van der Waals surface area contributed by atoms with Gasteiger partial charge in [0.25, 0.3) is 0 Å². The first-order valence-electron chi connectivity index (χ1n) is 13.3. The Morgan fingerprint density at radius 2 is 1.55 bits per heavy atom. The first-order valence-corrected chi connectivity index (χ1v) is 13.3. The second-order valence-corrected chi connectivity index (χ2v) is 10.2. The minimum atomic E-state index is -0.231. The number of benzene rings is 3. The van der Waals surface area contributed by atoms with Gasteiger partial charge in [0.2, 0.25) is 5.96 Å². The van der Waals surface area contributed by atoms with E-state index in [1.165, 1.54) is 12.7 Å². The highest BCUT2D eigenvalue weighted by Crippen LogP contribution is 2.41. The summed E-state index contributed by atoms with van der Waals surface area (Å²) in [5.74, 6) is 0.669. The van der Waals surface area contributed by atoms with Crippen LogP contribution < -0.4 is 4.90 Å². The Labute approximate surface area is 225 Å². The molecule has 1 saturated heterocycles. The van der Waals surface area contributed by atoms with Crippen LogP contribution in [0.15, 0.2) is 83.9 Å². The van der Waals surface area contributed by atoms with E-state index in [-0.39, 0.29) is 18.4 Å². The molecule has 2 aliphatic rings. The lowest BCUT2D eigenvalue weighted by Crippen LogP contribution is -2.55. The molecule has 2 heterocycles. The van der Waals surface area contributed by atoms with Gasteiger partial charge in [-0.15, -0.1) is 0 Å². The van der Waals surface area contributed by atoms with Crippen molar-refractivity contribution in [1.82, 2.24) is 14.7 Å². The number of carbonyl (C=O) groups excluding carboxylic acids is 1. The third kappa shape index (κ3) is 5.74. The number of methoxy groups -OCH3 is 1. The van der Waals surface area contributed by atoms with E-state index < -0.39 is 0 Å². The number of fused-ring (bicyclic) bond motifs is 1. The number of aliphatic imine (C=N–C) groups is 1. The number of rotatable bonds is 7. The van der Waals surface area contributed by atoms with Gasteiger partial charge in [0.1, 0.15) is 0 Å². The molecule has 2 aliphatic heterocycles. The molecular formula is C31H37N5O2. The average molecular weight is 512 g/mol. The molecule has 7 nitrogen and oxygen atoms in total. The van der Waals surface area contributed by atoms with Crippen molar-refractivity contribution in [3.8, 4) is 11.1 Å². The number of likely N-dealkylation sites (N-methyl/N-ethyl adjacent to an activating group) is 1. The molecule has 0 N–H and O–H groups in total. The van der Waals surface area contributed by atoms with Gasteiger partial charge in [0.15, 0.2) is 0 Å². The minimum absolute atomic E-state index is 0.208. The number of hydrogen-bond acceptors (Lipinski definition) is 7. The summed E-state index contributed by atoms with van der Waals surface area (Å²) in [6.07, 6.45) is 0.246. The molecule has 198 valence electrons. The summed E-state index contributed by atoms with van der Waals surface area (Å²) < 4.78 is 5.14. The number of para-hydroxylation sites is 1. The first-order chi connectivity index (χ1) is 18.5. The fraction of sp³-hybridized carbons (Fsp3) is 0.355. The van der Waals surface area contributed by atoms with Crippen molar-refractivity contribution in [2.75, 3.05) is 65.4 Å². The van der Waals surface area contributed by atoms with Gasteiger partial charge in [0.05, 0.1) is 25.3 Å². The van der Waals surface area contributed by atoms with E-state index >= 15 is 0 Å². The van der Waals surface area contributed by atoms with E-state index in [2.05, 4.69) is 88.3 Å². The zero-order chi connectivity index (χ0) is 26.5. The summed E-state index contributed by atoms with van der Waals surface area (Å²) in [6, 6.07) is 26.9. The molecule has 0 saturated carbocycles. The van der Waals surface area contributed by atoms with Crippen LogP contribution in [-0.2, 0) is 9.53 Å². The number of carbonyl (C=O) groups is 1. The van der Waals surface area contributed by atoms with Crippen molar-refractivity contribution < 1.29 is 9.53 Å². The van der Waals surface area contributed by atoms with Gasteiger partial charge in [-0.3, -0.25) is 9.69 Å². The van der Waals surface area contributed by atoms with Crippen molar-refractivity contribution in [3.63, 3.8) is 0 Å². The molecule has 0 aromatic heterocycles. The topological polar surface area (TPSA) is 51.6 Å². The van der Waals surface area contributed by atoms with Crippen LogP contribution in [0.1, 0.15) is 18.0 Å². The van der Waals surface area contributed by atoms with Crippen molar-refractivity contribution in [2.24, 2.45) is 4.99 Å². The van der Waals surface area contributed by atoms with Gasteiger partial charge >= 0.3 is 5.97 Å². The van der Waals surface area contributed by atoms with E-state index in [0.717, 1.165) is 67.7 Å². The highest BCUT2D eigenvalue weighted by Gasteiger charge is 2.36. The van der Waals surface area contributed by atoms with E-state index in [0.29, 0.717) is 0 Å². The summed E-state index contributed by atoms with van der Waals surface area (Å²) in [7, 11) is 5.69. The first kappa shape index (κ1) is 25.9. The molecule has 7 heteroatoms. The van der Waals surface area contributed by atoms with Gasteiger partial charge in [-0.1, -0.05) is 60.7 Å². The number of anilines is 1. The Kier molecular flexibility index (Phi) is 8.05. The summed E-state index contributed by atoms with van der Waals surface area (Å²) in [5, 5.41) is 0. The summed E-state index contributed by atoms with van der Waals surface area (Å²) in [5.41, 5.74) is 5.31. The standard InChI is InChI=1S/C31H37N5O2/c1-33(2)17-18-34-19-21-35(22-20-34)31-32-28-12-8-7-11-27(28)29(23-30(37)38-3)36(31)26-15-13-25(14-16-26)24-9-5-4-6-10-24/h4-16,29H,17-23H2,1-3H3. The molecule has 0 bridgehead atoms. The maximum absolute atomic E-state index is 12.6. The molecule has 1 fully saturated rings. The average Bonchev–Trinajstić information content (AvgIpc) is 2.96. The summed E-state index contributed by atoms with van der Waals surface area (Å²) in [6.45, 7) is 5.85. The van der Waals surface area contributed by atoms with Crippen LogP contribution >= 0.6 is 0 Å². The summed E-state index contributed by atoms with van der Waals surface area (Å²) in [4.78, 5) is 27.2. The monoisotopic (exact) mass is 511 g/mol. The molecule has 0 radical (unpaired) electrons. The molecular weight excluding hydrogens is 474 g/mol. The van der Waals surface area contributed by atoms with Crippen LogP contribution in [-0.4, -0.2) is 87.1 Å². The SMILES string of the molecule is COC(=O)CC1c2ccccc2N=C(N2CCN(CCN(C)C)CC2)N1c1ccc(-c2ccccc2)cc1. The molecule has 0 aliphatic carbocycles. The van der Waals surface area contributed by atoms with Gasteiger partial charge < -0.3 is 19.4 Å². The van der Waals surface area contributed by atoms with Gasteiger partial charge in [-0.25, -0.2) is 4.99 Å². The quantitative estimate of drug-likeness (QED) is 0.431. The lowest BCUT2D eigenvalue weighted by atomic mass is 9.97. The van der Waals surface area contributed by atoms with Crippen LogP contribution in [0.3, 0.4) is 0 Å². The fourth-order valence-electron chi connectivity index (χ4n) is 5.23. The van der Waals surface area contributed by atoms with Crippen LogP contribution in [0, 0.1) is 0 Å². The van der Waals surface area contributed by atoms with Gasteiger partial charge in [0, 0.05) is 50.5 Å². The molecule has 38 heavy (non-hydrogen) atoms. The van der Waals surface area contributed by atoms with Crippen molar-refractivity contribution >= 4 is 23.3 Å². The molecule has 1 unspecified atom stereocenters. The smallest absolute Gasteiger partial charge is 0.307 e. The minimum Gasteiger partial charge on any atom is -0.469 e. The van der Waals surface area contributed by atoms with E-state index in [1.54, 1.807) is 0 Å². The van der Waals surface area contributed by atoms with Gasteiger partial charge in [-0.2, -0.15) is 0 Å². The third-order valence-electron chi connectivity index (χ3n) is 7.40. The van der Waals surface area contributed by atoms with Crippen LogP contribution in [0.2, 0.25) is 0 Å². The van der Waals surface area contributed by atoms with Crippen molar-refractivity contribution in [3.05, 3.63) is 84.4 Å². The molecule has 3 aromatic carbocycles. The molecule has 1 atom stereocenters. The summed E-state index contributed by atoms with van der Waals surface area (Å²) >= 11 is 0. The fourth-order valence-corrected chi connectivity index (χ4v) is 5.23. The number of esters is 1. The number of hydrogen-bond donors (Lipinski definition) is 0.